The summed E-state index contributed by atoms with van der Waals surface area (Å²) in [5.41, 5.74) is 1.25. The minimum Gasteiger partial charge on any atom is -0.310 e. The first kappa shape index (κ1) is 11.7. The van der Waals surface area contributed by atoms with Crippen molar-refractivity contribution in [3.05, 3.63) is 42.2 Å². The van der Waals surface area contributed by atoms with E-state index in [4.69, 9.17) is 0 Å². The molecule has 0 fully saturated rings. The second-order valence-corrected chi connectivity index (χ2v) is 3.78. The average Bonchev–Trinajstić information content (AvgIpc) is 2.83. The first-order chi connectivity index (χ1) is 8.40. The second kappa shape index (κ2) is 6.10. The molecule has 0 aliphatic rings. The van der Waals surface area contributed by atoms with Crippen LogP contribution in [0.1, 0.15) is 18.3 Å². The molecule has 2 aromatic rings. The van der Waals surface area contributed by atoms with E-state index >= 15 is 0 Å². The molecule has 0 aliphatic carbocycles. The molecule has 2 heterocycles. The van der Waals surface area contributed by atoms with Crippen LogP contribution in [-0.2, 0) is 19.5 Å². The molecule has 1 N–H and O–H groups in total. The zero-order valence-corrected chi connectivity index (χ0v) is 10.0. The number of nitrogens with one attached hydrogen (secondary N) is 1. The van der Waals surface area contributed by atoms with Gasteiger partial charge in [0.1, 0.15) is 12.2 Å². The SMILES string of the molecule is CCn1ncnc1CNCCc1cccnc1. The maximum absolute atomic E-state index is 4.21. The highest BCUT2D eigenvalue weighted by molar-refractivity contribution is 5.08. The Bertz CT molecular complexity index is 437. The van der Waals surface area contributed by atoms with E-state index in [-0.39, 0.29) is 0 Å². The van der Waals surface area contributed by atoms with Crippen LogP contribution in [0.2, 0.25) is 0 Å². The van der Waals surface area contributed by atoms with Gasteiger partial charge >= 0.3 is 0 Å². The summed E-state index contributed by atoms with van der Waals surface area (Å²) in [4.78, 5) is 8.30. The molecule has 2 aromatic heterocycles. The predicted octanol–water partition coefficient (Wildman–Crippen LogP) is 1.03. The third-order valence-electron chi connectivity index (χ3n) is 2.59. The number of aromatic nitrogens is 4. The highest BCUT2D eigenvalue weighted by Crippen LogP contribution is 1.97. The Kier molecular flexibility index (Phi) is 4.21. The van der Waals surface area contributed by atoms with Crippen molar-refractivity contribution in [1.82, 2.24) is 25.1 Å². The molecular weight excluding hydrogens is 214 g/mol. The summed E-state index contributed by atoms with van der Waals surface area (Å²) in [6.07, 6.45) is 6.27. The second-order valence-electron chi connectivity index (χ2n) is 3.78. The largest absolute Gasteiger partial charge is 0.310 e. The third kappa shape index (κ3) is 3.35. The molecule has 5 heteroatoms. The Balaban J connectivity index is 1.73. The quantitative estimate of drug-likeness (QED) is 0.754. The lowest BCUT2D eigenvalue weighted by Gasteiger charge is -2.05. The van der Waals surface area contributed by atoms with E-state index < -0.39 is 0 Å². The van der Waals surface area contributed by atoms with Crippen LogP contribution in [-0.4, -0.2) is 26.3 Å². The lowest BCUT2D eigenvalue weighted by atomic mass is 10.2. The van der Waals surface area contributed by atoms with Crippen molar-refractivity contribution in [3.8, 4) is 0 Å². The number of nitrogens with zero attached hydrogens (tertiary/aromatic N) is 4. The summed E-state index contributed by atoms with van der Waals surface area (Å²) in [6.45, 7) is 4.60. The van der Waals surface area contributed by atoms with Gasteiger partial charge in [-0.25, -0.2) is 9.67 Å². The summed E-state index contributed by atoms with van der Waals surface area (Å²) in [7, 11) is 0. The van der Waals surface area contributed by atoms with Crippen molar-refractivity contribution in [1.29, 1.82) is 0 Å². The van der Waals surface area contributed by atoms with Gasteiger partial charge in [0.2, 0.25) is 0 Å². The molecule has 0 aromatic carbocycles. The maximum Gasteiger partial charge on any atom is 0.140 e. The van der Waals surface area contributed by atoms with E-state index in [0.717, 1.165) is 31.9 Å². The van der Waals surface area contributed by atoms with Gasteiger partial charge in [-0.3, -0.25) is 4.98 Å². The fourth-order valence-electron chi connectivity index (χ4n) is 1.67. The zero-order valence-electron chi connectivity index (χ0n) is 10.0. The summed E-state index contributed by atoms with van der Waals surface area (Å²) in [5.74, 6) is 0.985. The van der Waals surface area contributed by atoms with Crippen molar-refractivity contribution in [2.45, 2.75) is 26.4 Å². The van der Waals surface area contributed by atoms with Gasteiger partial charge in [-0.2, -0.15) is 5.10 Å². The molecule has 2 rings (SSSR count). The van der Waals surface area contributed by atoms with Crippen LogP contribution >= 0.6 is 0 Å². The summed E-state index contributed by atoms with van der Waals surface area (Å²) in [6, 6.07) is 4.05. The van der Waals surface area contributed by atoms with Crippen molar-refractivity contribution in [2.75, 3.05) is 6.54 Å². The van der Waals surface area contributed by atoms with E-state index in [1.54, 1.807) is 12.5 Å². The molecule has 0 saturated heterocycles. The van der Waals surface area contributed by atoms with Crippen LogP contribution in [0, 0.1) is 0 Å². The third-order valence-corrected chi connectivity index (χ3v) is 2.59. The van der Waals surface area contributed by atoms with Gasteiger partial charge in [-0.15, -0.1) is 0 Å². The highest BCUT2D eigenvalue weighted by Gasteiger charge is 2.01. The molecule has 0 unspecified atom stereocenters. The summed E-state index contributed by atoms with van der Waals surface area (Å²) < 4.78 is 1.90. The lowest BCUT2D eigenvalue weighted by molar-refractivity contribution is 0.573. The fraction of sp³-hybridized carbons (Fsp3) is 0.417. The average molecular weight is 231 g/mol. The predicted molar refractivity (Wildman–Crippen MR) is 65.3 cm³/mol. The Morgan fingerprint density at radius 3 is 3.12 bits per heavy atom. The minimum atomic E-state index is 0.758. The highest BCUT2D eigenvalue weighted by atomic mass is 15.3. The Morgan fingerprint density at radius 2 is 2.35 bits per heavy atom. The first-order valence-electron chi connectivity index (χ1n) is 5.86. The molecular formula is C12H17N5. The number of hydrogen-bond donors (Lipinski definition) is 1. The van der Waals surface area contributed by atoms with Gasteiger partial charge in [0.25, 0.3) is 0 Å². The van der Waals surface area contributed by atoms with Gasteiger partial charge in [0, 0.05) is 18.9 Å². The standard InChI is InChI=1S/C12H17N5/c1-2-17-12(15-10-16-17)9-14-7-5-11-4-3-6-13-8-11/h3-4,6,8,10,14H,2,5,7,9H2,1H3. The molecule has 0 radical (unpaired) electrons. The van der Waals surface area contributed by atoms with Crippen LogP contribution in [0.15, 0.2) is 30.9 Å². The first-order valence-corrected chi connectivity index (χ1v) is 5.86. The molecule has 90 valence electrons. The van der Waals surface area contributed by atoms with Crippen molar-refractivity contribution < 1.29 is 0 Å². The van der Waals surface area contributed by atoms with E-state index in [2.05, 4.69) is 33.4 Å². The van der Waals surface area contributed by atoms with Gasteiger partial charge in [0.05, 0.1) is 6.54 Å². The Morgan fingerprint density at radius 1 is 1.41 bits per heavy atom. The summed E-state index contributed by atoms with van der Waals surface area (Å²) in [5, 5.41) is 7.49. The molecule has 5 nitrogen and oxygen atoms in total. The molecule has 0 aliphatic heterocycles. The molecule has 0 saturated carbocycles. The van der Waals surface area contributed by atoms with Gasteiger partial charge in [0.15, 0.2) is 0 Å². The molecule has 0 atom stereocenters. The number of aryl methyl sites for hydroxylation is 1. The van der Waals surface area contributed by atoms with Gasteiger partial charge in [-0.1, -0.05) is 6.07 Å². The van der Waals surface area contributed by atoms with E-state index in [1.165, 1.54) is 5.56 Å². The minimum absolute atomic E-state index is 0.758. The molecule has 17 heavy (non-hydrogen) atoms. The van der Waals surface area contributed by atoms with Crippen LogP contribution < -0.4 is 5.32 Å². The number of hydrogen-bond acceptors (Lipinski definition) is 4. The zero-order chi connectivity index (χ0) is 11.9. The van der Waals surface area contributed by atoms with Crippen LogP contribution in [0.3, 0.4) is 0 Å². The smallest absolute Gasteiger partial charge is 0.140 e. The molecule has 0 amide bonds. The van der Waals surface area contributed by atoms with Crippen LogP contribution in [0.25, 0.3) is 0 Å². The maximum atomic E-state index is 4.21. The monoisotopic (exact) mass is 231 g/mol. The van der Waals surface area contributed by atoms with Crippen LogP contribution in [0.5, 0.6) is 0 Å². The topological polar surface area (TPSA) is 55.6 Å². The normalized spacial score (nSPS) is 10.6. The van der Waals surface area contributed by atoms with Crippen molar-refractivity contribution >= 4 is 0 Å². The number of rotatable bonds is 6. The Labute approximate surface area is 101 Å². The van der Waals surface area contributed by atoms with Crippen LogP contribution in [0.4, 0.5) is 0 Å². The molecule has 0 spiro atoms. The lowest BCUT2D eigenvalue weighted by Crippen LogP contribution is -2.19. The van der Waals surface area contributed by atoms with Gasteiger partial charge < -0.3 is 5.32 Å². The van der Waals surface area contributed by atoms with Gasteiger partial charge in [-0.05, 0) is 31.5 Å². The number of pyridine rings is 1. The Hall–Kier alpha value is -1.75. The van der Waals surface area contributed by atoms with Crippen molar-refractivity contribution in [3.63, 3.8) is 0 Å². The van der Waals surface area contributed by atoms with E-state index in [1.807, 2.05) is 16.9 Å². The summed E-state index contributed by atoms with van der Waals surface area (Å²) >= 11 is 0. The van der Waals surface area contributed by atoms with E-state index in [0.29, 0.717) is 0 Å². The van der Waals surface area contributed by atoms with E-state index in [9.17, 15) is 0 Å². The molecule has 0 bridgehead atoms. The fourth-order valence-corrected chi connectivity index (χ4v) is 1.67. The van der Waals surface area contributed by atoms with Crippen molar-refractivity contribution in [2.24, 2.45) is 0 Å².